The zero-order valence-corrected chi connectivity index (χ0v) is 11.2. The number of hydrogen-bond donors (Lipinski definition) is 3. The van der Waals surface area contributed by atoms with Crippen molar-refractivity contribution in [1.29, 1.82) is 0 Å². The van der Waals surface area contributed by atoms with E-state index in [4.69, 9.17) is 5.84 Å². The molecule has 0 saturated heterocycles. The number of anilines is 1. The average Bonchev–Trinajstić information content (AvgIpc) is 2.71. The van der Waals surface area contributed by atoms with Gasteiger partial charge in [-0.1, -0.05) is 27.7 Å². The van der Waals surface area contributed by atoms with Gasteiger partial charge in [0.2, 0.25) is 0 Å². The maximum absolute atomic E-state index is 12.2. The van der Waals surface area contributed by atoms with Gasteiger partial charge in [-0.3, -0.25) is 4.79 Å². The molecule has 1 aromatic rings. The van der Waals surface area contributed by atoms with E-state index in [1.807, 2.05) is 0 Å². The molecular weight excluding hydrogens is 228 g/mol. The van der Waals surface area contributed by atoms with Crippen LogP contribution in [-0.4, -0.2) is 16.9 Å². The summed E-state index contributed by atoms with van der Waals surface area (Å²) < 4.78 is 0. The molecule has 1 aromatic heterocycles. The minimum Gasteiger partial charge on any atom is -0.348 e. The van der Waals surface area contributed by atoms with Gasteiger partial charge in [-0.2, -0.15) is 0 Å². The van der Waals surface area contributed by atoms with Gasteiger partial charge < -0.3 is 10.7 Å². The van der Waals surface area contributed by atoms with Gasteiger partial charge in [0.15, 0.2) is 5.82 Å². The van der Waals surface area contributed by atoms with E-state index in [1.165, 1.54) is 0 Å². The van der Waals surface area contributed by atoms with Crippen LogP contribution in [0.5, 0.6) is 0 Å². The molecule has 0 atom stereocenters. The zero-order chi connectivity index (χ0) is 13.6. The second-order valence-electron chi connectivity index (χ2n) is 5.89. The number of nitrogens with two attached hydrogens (primary N) is 1. The van der Waals surface area contributed by atoms with Gasteiger partial charge in [0.1, 0.15) is 0 Å². The van der Waals surface area contributed by atoms with Gasteiger partial charge in [0, 0.05) is 12.2 Å². The molecule has 1 aliphatic rings. The van der Waals surface area contributed by atoms with E-state index in [2.05, 4.69) is 43.4 Å². The van der Waals surface area contributed by atoms with Gasteiger partial charge in [-0.15, -0.1) is 0 Å². The summed E-state index contributed by atoms with van der Waals surface area (Å²) in [5.74, 6) is 5.60. The van der Waals surface area contributed by atoms with Crippen LogP contribution in [0.15, 0.2) is 18.3 Å². The number of carbonyl (C=O) groups is 1. The first-order valence-corrected chi connectivity index (χ1v) is 6.05. The highest BCUT2D eigenvalue weighted by molar-refractivity contribution is 5.99. The number of amides is 1. The fourth-order valence-corrected chi connectivity index (χ4v) is 2.47. The average molecular weight is 248 g/mol. The summed E-state index contributed by atoms with van der Waals surface area (Å²) in [6.45, 7) is 8.62. The second-order valence-corrected chi connectivity index (χ2v) is 5.89. The third-order valence-corrected chi connectivity index (χ3v) is 4.49. The molecular formula is C13H20N4O. The first-order chi connectivity index (χ1) is 8.32. The standard InChI is InChI=1S/C13H20N4O/c1-12(2)11(13(12,3)4)16-10(18)8-6-5-7-15-9(8)17-14/h5-7,11H,14H2,1-4H3,(H,15,17)(H,16,18). The molecule has 1 amide bonds. The summed E-state index contributed by atoms with van der Waals surface area (Å²) in [6, 6.07) is 3.60. The van der Waals surface area contributed by atoms with Gasteiger partial charge >= 0.3 is 0 Å². The predicted molar refractivity (Wildman–Crippen MR) is 70.9 cm³/mol. The molecule has 1 saturated carbocycles. The van der Waals surface area contributed by atoms with Crippen molar-refractivity contribution in [2.75, 3.05) is 5.43 Å². The van der Waals surface area contributed by atoms with Crippen LogP contribution in [-0.2, 0) is 0 Å². The number of hydrazine groups is 1. The van der Waals surface area contributed by atoms with Crippen LogP contribution in [0.25, 0.3) is 0 Å². The lowest BCUT2D eigenvalue weighted by molar-refractivity contribution is 0.0944. The molecule has 0 radical (unpaired) electrons. The molecule has 1 aliphatic carbocycles. The Kier molecular flexibility index (Phi) is 2.81. The highest BCUT2D eigenvalue weighted by Crippen LogP contribution is 2.62. The molecule has 0 aliphatic heterocycles. The van der Waals surface area contributed by atoms with E-state index >= 15 is 0 Å². The fourth-order valence-electron chi connectivity index (χ4n) is 2.47. The third kappa shape index (κ3) is 1.75. The van der Waals surface area contributed by atoms with E-state index in [0.29, 0.717) is 11.4 Å². The van der Waals surface area contributed by atoms with Crippen LogP contribution < -0.4 is 16.6 Å². The summed E-state index contributed by atoms with van der Waals surface area (Å²) in [6.07, 6.45) is 1.59. The third-order valence-electron chi connectivity index (χ3n) is 4.49. The highest BCUT2D eigenvalue weighted by Gasteiger charge is 2.65. The summed E-state index contributed by atoms with van der Waals surface area (Å²) in [7, 11) is 0. The van der Waals surface area contributed by atoms with Crippen molar-refractivity contribution in [3.63, 3.8) is 0 Å². The zero-order valence-electron chi connectivity index (χ0n) is 11.2. The minimum absolute atomic E-state index is 0.112. The van der Waals surface area contributed by atoms with E-state index in [9.17, 15) is 4.79 Å². The number of nitrogen functional groups attached to an aromatic ring is 1. The van der Waals surface area contributed by atoms with Crippen LogP contribution in [0.1, 0.15) is 38.1 Å². The number of pyridine rings is 1. The van der Waals surface area contributed by atoms with E-state index < -0.39 is 0 Å². The second kappa shape index (κ2) is 3.95. The Morgan fingerprint density at radius 1 is 1.33 bits per heavy atom. The number of nitrogens with zero attached hydrogens (tertiary/aromatic N) is 1. The van der Waals surface area contributed by atoms with Crippen LogP contribution in [0.3, 0.4) is 0 Å². The predicted octanol–water partition coefficient (Wildman–Crippen LogP) is 1.53. The minimum atomic E-state index is -0.139. The Bertz CT molecular complexity index is 468. The molecule has 5 heteroatoms. The Balaban J connectivity index is 2.15. The van der Waals surface area contributed by atoms with E-state index in [0.717, 1.165) is 0 Å². The molecule has 4 N–H and O–H groups in total. The maximum Gasteiger partial charge on any atom is 0.255 e. The first kappa shape index (κ1) is 12.8. The lowest BCUT2D eigenvalue weighted by atomic mass is 10.0. The summed E-state index contributed by atoms with van der Waals surface area (Å²) in [5.41, 5.74) is 3.14. The number of nitrogens with one attached hydrogen (secondary N) is 2. The van der Waals surface area contributed by atoms with Crippen LogP contribution in [0.2, 0.25) is 0 Å². The van der Waals surface area contributed by atoms with Crippen molar-refractivity contribution in [3.8, 4) is 0 Å². The molecule has 0 bridgehead atoms. The number of hydrogen-bond acceptors (Lipinski definition) is 4. The quantitative estimate of drug-likeness (QED) is 0.560. The fraction of sp³-hybridized carbons (Fsp3) is 0.538. The lowest BCUT2D eigenvalue weighted by Crippen LogP contribution is -2.31. The lowest BCUT2D eigenvalue weighted by Gasteiger charge is -2.09. The van der Waals surface area contributed by atoms with Crippen molar-refractivity contribution in [3.05, 3.63) is 23.9 Å². The molecule has 2 rings (SSSR count). The summed E-state index contributed by atoms with van der Waals surface area (Å²) in [4.78, 5) is 16.2. The Morgan fingerprint density at radius 3 is 2.44 bits per heavy atom. The van der Waals surface area contributed by atoms with Crippen molar-refractivity contribution in [2.45, 2.75) is 33.7 Å². The molecule has 0 spiro atoms. The first-order valence-electron chi connectivity index (χ1n) is 6.05. The number of carbonyl (C=O) groups excluding carboxylic acids is 1. The number of aromatic nitrogens is 1. The summed E-state index contributed by atoms with van der Waals surface area (Å²) in [5, 5.41) is 3.05. The van der Waals surface area contributed by atoms with Crippen molar-refractivity contribution in [2.24, 2.45) is 16.7 Å². The molecule has 1 heterocycles. The smallest absolute Gasteiger partial charge is 0.255 e. The molecule has 1 fully saturated rings. The van der Waals surface area contributed by atoms with Crippen molar-refractivity contribution in [1.82, 2.24) is 10.3 Å². The topological polar surface area (TPSA) is 80.0 Å². The summed E-state index contributed by atoms with van der Waals surface area (Å²) >= 11 is 0. The van der Waals surface area contributed by atoms with Gasteiger partial charge in [-0.25, -0.2) is 10.8 Å². The Morgan fingerprint density at radius 2 is 1.94 bits per heavy atom. The SMILES string of the molecule is CC1(C)C(NC(=O)c2cccnc2NN)C1(C)C. The van der Waals surface area contributed by atoms with E-state index in [-0.39, 0.29) is 22.8 Å². The van der Waals surface area contributed by atoms with Gasteiger partial charge in [-0.05, 0) is 23.0 Å². The monoisotopic (exact) mass is 248 g/mol. The van der Waals surface area contributed by atoms with Crippen LogP contribution >= 0.6 is 0 Å². The van der Waals surface area contributed by atoms with Crippen LogP contribution in [0.4, 0.5) is 5.82 Å². The maximum atomic E-state index is 12.2. The molecule has 0 unspecified atom stereocenters. The molecule has 18 heavy (non-hydrogen) atoms. The van der Waals surface area contributed by atoms with Crippen molar-refractivity contribution < 1.29 is 4.79 Å². The highest BCUT2D eigenvalue weighted by atomic mass is 16.1. The van der Waals surface area contributed by atoms with E-state index in [1.54, 1.807) is 18.3 Å². The normalized spacial score (nSPS) is 20.3. The Hall–Kier alpha value is -1.62. The number of rotatable bonds is 3. The molecule has 5 nitrogen and oxygen atoms in total. The van der Waals surface area contributed by atoms with Crippen LogP contribution in [0, 0.1) is 10.8 Å². The van der Waals surface area contributed by atoms with Crippen molar-refractivity contribution >= 4 is 11.7 Å². The van der Waals surface area contributed by atoms with Gasteiger partial charge in [0.25, 0.3) is 5.91 Å². The Labute approximate surface area is 107 Å². The van der Waals surface area contributed by atoms with Gasteiger partial charge in [0.05, 0.1) is 5.56 Å². The largest absolute Gasteiger partial charge is 0.348 e. The molecule has 98 valence electrons. The molecule has 0 aromatic carbocycles.